The van der Waals surface area contributed by atoms with Crippen molar-refractivity contribution in [3.8, 4) is 0 Å². The first kappa shape index (κ1) is 21.6. The number of morpholine rings is 1. The fraction of sp³-hybridized carbons (Fsp3) is 0.400. The van der Waals surface area contributed by atoms with Crippen molar-refractivity contribution >= 4 is 34.1 Å². The molecule has 5 rings (SSSR count). The molecule has 0 atom stereocenters. The first-order valence-electron chi connectivity index (χ1n) is 11.6. The molecule has 1 amide bonds. The summed E-state index contributed by atoms with van der Waals surface area (Å²) in [4.78, 5) is 26.0. The highest BCUT2D eigenvalue weighted by atomic mass is 16.5. The van der Waals surface area contributed by atoms with Gasteiger partial charge in [-0.1, -0.05) is 0 Å². The quantitative estimate of drug-likeness (QED) is 0.622. The number of hydrogen-bond donors (Lipinski definition) is 2. The average molecular weight is 447 g/mol. The Labute approximate surface area is 194 Å². The van der Waals surface area contributed by atoms with Crippen LogP contribution in [0, 0.1) is 0 Å². The predicted octanol–water partition coefficient (Wildman–Crippen LogP) is 3.35. The molecule has 1 aromatic heterocycles. The van der Waals surface area contributed by atoms with Gasteiger partial charge in [-0.25, -0.2) is 9.97 Å². The number of likely N-dealkylation sites (tertiary alicyclic amines) is 1. The Bertz CT molecular complexity index is 1110. The van der Waals surface area contributed by atoms with Gasteiger partial charge in [0, 0.05) is 47.7 Å². The van der Waals surface area contributed by atoms with E-state index in [1.165, 1.54) is 0 Å². The Hall–Kier alpha value is -3.23. The summed E-state index contributed by atoms with van der Waals surface area (Å²) in [6, 6.07) is 14.2. The van der Waals surface area contributed by atoms with Crippen LogP contribution < -0.4 is 10.6 Å². The Morgan fingerprint density at radius 2 is 1.73 bits per heavy atom. The van der Waals surface area contributed by atoms with Gasteiger partial charge in [0.2, 0.25) is 5.95 Å². The van der Waals surface area contributed by atoms with Crippen LogP contribution >= 0.6 is 0 Å². The first-order valence-corrected chi connectivity index (χ1v) is 11.6. The number of nitrogens with one attached hydrogen (secondary N) is 2. The predicted molar refractivity (Wildman–Crippen MR) is 130 cm³/mol. The number of anilines is 3. The lowest BCUT2D eigenvalue weighted by atomic mass is 10.1. The minimum Gasteiger partial charge on any atom is -0.382 e. The highest BCUT2D eigenvalue weighted by Crippen LogP contribution is 2.22. The molecule has 0 spiro atoms. The fourth-order valence-electron chi connectivity index (χ4n) is 4.34. The van der Waals surface area contributed by atoms with E-state index < -0.39 is 0 Å². The summed E-state index contributed by atoms with van der Waals surface area (Å²) in [6.07, 6.45) is 4.13. The number of carbonyl (C=O) groups excluding carboxylic acids is 1. The summed E-state index contributed by atoms with van der Waals surface area (Å²) in [5.74, 6) is 0.572. The summed E-state index contributed by atoms with van der Waals surface area (Å²) >= 11 is 0. The van der Waals surface area contributed by atoms with Gasteiger partial charge < -0.3 is 25.2 Å². The van der Waals surface area contributed by atoms with Crippen LogP contribution in [-0.2, 0) is 4.74 Å². The molecule has 0 radical (unpaired) electrons. The lowest BCUT2D eigenvalue weighted by Crippen LogP contribution is -2.40. The van der Waals surface area contributed by atoms with E-state index in [0.717, 1.165) is 48.2 Å². The van der Waals surface area contributed by atoms with E-state index in [-0.39, 0.29) is 5.91 Å². The maximum absolute atomic E-state index is 12.6. The van der Waals surface area contributed by atoms with Crippen LogP contribution in [0.5, 0.6) is 0 Å². The number of aromatic nitrogens is 2. The monoisotopic (exact) mass is 446 g/mol. The number of fused-ring (bicyclic) bond motifs is 1. The number of carbonyl (C=O) groups is 1. The topological polar surface area (TPSA) is 82.6 Å². The molecular formula is C25H30N6O2. The Morgan fingerprint density at radius 1 is 1.00 bits per heavy atom. The smallest absolute Gasteiger partial charge is 0.254 e. The molecule has 0 aliphatic carbocycles. The normalized spacial score (nSPS) is 17.8. The Morgan fingerprint density at radius 3 is 2.48 bits per heavy atom. The van der Waals surface area contributed by atoms with Gasteiger partial charge in [-0.05, 0) is 75.4 Å². The van der Waals surface area contributed by atoms with Gasteiger partial charge in [-0.15, -0.1) is 0 Å². The van der Waals surface area contributed by atoms with Gasteiger partial charge in [0.05, 0.1) is 18.7 Å². The lowest BCUT2D eigenvalue weighted by molar-refractivity contribution is 0.0303. The van der Waals surface area contributed by atoms with Gasteiger partial charge >= 0.3 is 0 Å². The fourth-order valence-corrected chi connectivity index (χ4v) is 4.34. The minimum absolute atomic E-state index is 0.0384. The van der Waals surface area contributed by atoms with Gasteiger partial charge in [-0.2, -0.15) is 0 Å². The summed E-state index contributed by atoms with van der Waals surface area (Å²) in [7, 11) is 2.17. The van der Waals surface area contributed by atoms with E-state index >= 15 is 0 Å². The highest BCUT2D eigenvalue weighted by Gasteiger charge is 2.18. The molecule has 0 unspecified atom stereocenters. The summed E-state index contributed by atoms with van der Waals surface area (Å²) in [5, 5.41) is 7.91. The largest absolute Gasteiger partial charge is 0.382 e. The Balaban J connectivity index is 1.26. The molecule has 0 bridgehead atoms. The van der Waals surface area contributed by atoms with Crippen molar-refractivity contribution < 1.29 is 9.53 Å². The lowest BCUT2D eigenvalue weighted by Gasteiger charge is -2.30. The highest BCUT2D eigenvalue weighted by molar-refractivity contribution is 5.94. The van der Waals surface area contributed by atoms with Crippen molar-refractivity contribution in [1.82, 2.24) is 19.8 Å². The van der Waals surface area contributed by atoms with Crippen molar-refractivity contribution in [3.05, 3.63) is 54.2 Å². The van der Waals surface area contributed by atoms with E-state index in [4.69, 9.17) is 9.72 Å². The van der Waals surface area contributed by atoms with E-state index in [2.05, 4.69) is 45.8 Å². The van der Waals surface area contributed by atoms with Gasteiger partial charge in [0.1, 0.15) is 0 Å². The zero-order chi connectivity index (χ0) is 22.6. The third-order valence-corrected chi connectivity index (χ3v) is 6.36. The number of hydrogen-bond acceptors (Lipinski definition) is 7. The molecule has 2 aliphatic heterocycles. The van der Waals surface area contributed by atoms with E-state index in [1.807, 2.05) is 35.4 Å². The third-order valence-electron chi connectivity index (χ3n) is 6.36. The summed E-state index contributed by atoms with van der Waals surface area (Å²) in [6.45, 7) is 4.72. The van der Waals surface area contributed by atoms with Crippen LogP contribution in [0.25, 0.3) is 10.9 Å². The van der Waals surface area contributed by atoms with Gasteiger partial charge in [0.25, 0.3) is 5.91 Å². The maximum atomic E-state index is 12.6. The van der Waals surface area contributed by atoms with Gasteiger partial charge in [0.15, 0.2) is 0 Å². The van der Waals surface area contributed by atoms with Crippen LogP contribution in [0.15, 0.2) is 48.7 Å². The second kappa shape index (κ2) is 9.72. The minimum atomic E-state index is 0.0384. The number of benzene rings is 2. The molecule has 2 aromatic carbocycles. The SMILES string of the molecule is CN1CCC(Nc2ccc3cnc(Nc4ccc(C(=O)N5CCOCC5)cc4)nc3c2)CC1. The molecular weight excluding hydrogens is 416 g/mol. The molecule has 33 heavy (non-hydrogen) atoms. The van der Waals surface area contributed by atoms with Crippen LogP contribution in [0.2, 0.25) is 0 Å². The van der Waals surface area contributed by atoms with Crippen LogP contribution in [-0.4, -0.2) is 78.2 Å². The summed E-state index contributed by atoms with van der Waals surface area (Å²) < 4.78 is 5.33. The van der Waals surface area contributed by atoms with Gasteiger partial charge in [-0.3, -0.25) is 4.79 Å². The molecule has 2 N–H and O–H groups in total. The molecule has 8 heteroatoms. The van der Waals surface area contributed by atoms with Crippen LogP contribution in [0.3, 0.4) is 0 Å². The van der Waals surface area contributed by atoms with Crippen molar-refractivity contribution in [2.24, 2.45) is 0 Å². The first-order chi connectivity index (χ1) is 16.1. The molecule has 3 aromatic rings. The molecule has 2 aliphatic rings. The van der Waals surface area contributed by atoms with E-state index in [0.29, 0.717) is 43.9 Å². The second-order valence-corrected chi connectivity index (χ2v) is 8.80. The second-order valence-electron chi connectivity index (χ2n) is 8.80. The number of nitrogens with zero attached hydrogens (tertiary/aromatic N) is 4. The van der Waals surface area contributed by atoms with Crippen LogP contribution in [0.1, 0.15) is 23.2 Å². The molecule has 2 saturated heterocycles. The van der Waals surface area contributed by atoms with Crippen LogP contribution in [0.4, 0.5) is 17.3 Å². The maximum Gasteiger partial charge on any atom is 0.254 e. The zero-order valence-electron chi connectivity index (χ0n) is 19.0. The molecule has 172 valence electrons. The molecule has 0 saturated carbocycles. The van der Waals surface area contributed by atoms with E-state index in [9.17, 15) is 4.79 Å². The van der Waals surface area contributed by atoms with Crippen molar-refractivity contribution in [3.63, 3.8) is 0 Å². The number of piperidine rings is 1. The van der Waals surface area contributed by atoms with Crippen molar-refractivity contribution in [2.45, 2.75) is 18.9 Å². The standard InChI is InChI=1S/C25H30N6O2/c1-30-10-8-21(9-11-30)27-22-7-4-19-17-26-25(29-23(19)16-22)28-20-5-2-18(3-6-20)24(32)31-12-14-33-15-13-31/h2-7,16-17,21,27H,8-15H2,1H3,(H,26,28,29). The van der Waals surface area contributed by atoms with Crippen molar-refractivity contribution in [2.75, 3.05) is 57.1 Å². The number of ether oxygens (including phenoxy) is 1. The summed E-state index contributed by atoms with van der Waals surface area (Å²) in [5.41, 5.74) is 3.50. The zero-order valence-corrected chi connectivity index (χ0v) is 19.0. The number of rotatable bonds is 5. The number of amides is 1. The average Bonchev–Trinajstić information content (AvgIpc) is 2.86. The van der Waals surface area contributed by atoms with E-state index in [1.54, 1.807) is 0 Å². The third kappa shape index (κ3) is 5.23. The molecule has 3 heterocycles. The molecule has 2 fully saturated rings. The van der Waals surface area contributed by atoms with Crippen molar-refractivity contribution in [1.29, 1.82) is 0 Å². The Kier molecular flexibility index (Phi) is 6.37. The molecule has 8 nitrogen and oxygen atoms in total.